The lowest BCUT2D eigenvalue weighted by molar-refractivity contribution is 0.0474. The van der Waals surface area contributed by atoms with Crippen LogP contribution >= 0.6 is 12.2 Å². The second kappa shape index (κ2) is 5.83. The van der Waals surface area contributed by atoms with Crippen molar-refractivity contribution in [2.75, 3.05) is 33.4 Å². The zero-order valence-electron chi connectivity index (χ0n) is 10.8. The first-order valence-corrected chi connectivity index (χ1v) is 6.92. The fraction of sp³-hybridized carbons (Fsp3) is 0.769. The van der Waals surface area contributed by atoms with Crippen LogP contribution in [0.3, 0.4) is 0 Å². The molecule has 2 rings (SSSR count). The van der Waals surface area contributed by atoms with Crippen molar-refractivity contribution in [1.82, 2.24) is 10.2 Å². The summed E-state index contributed by atoms with van der Waals surface area (Å²) in [6.45, 7) is 6.03. The summed E-state index contributed by atoms with van der Waals surface area (Å²) in [5.74, 6) is 0.628. The SMILES string of the molecule is CNC(=S)C1=C(N2CCOCC2)C(C)CCC1. The Balaban J connectivity index is 2.26. The molecule has 4 heteroatoms. The Hall–Kier alpha value is -0.610. The molecule has 0 spiro atoms. The Morgan fingerprint density at radius 3 is 2.76 bits per heavy atom. The molecule has 17 heavy (non-hydrogen) atoms. The van der Waals surface area contributed by atoms with Gasteiger partial charge in [-0.25, -0.2) is 0 Å². The summed E-state index contributed by atoms with van der Waals surface area (Å²) in [6, 6.07) is 0. The first-order chi connectivity index (χ1) is 8.24. The maximum atomic E-state index is 5.45. The van der Waals surface area contributed by atoms with Crippen LogP contribution in [-0.4, -0.2) is 43.2 Å². The molecule has 1 aliphatic carbocycles. The number of thiocarbonyl (C=S) groups is 1. The predicted octanol–water partition coefficient (Wildman–Crippen LogP) is 1.94. The monoisotopic (exact) mass is 254 g/mol. The summed E-state index contributed by atoms with van der Waals surface area (Å²) in [6.07, 6.45) is 3.66. The maximum Gasteiger partial charge on any atom is 0.103 e. The van der Waals surface area contributed by atoms with Gasteiger partial charge in [0.25, 0.3) is 0 Å². The molecule has 1 aliphatic heterocycles. The van der Waals surface area contributed by atoms with E-state index in [0.29, 0.717) is 5.92 Å². The molecule has 1 saturated heterocycles. The molecule has 0 saturated carbocycles. The minimum absolute atomic E-state index is 0.628. The molecule has 2 aliphatic rings. The van der Waals surface area contributed by atoms with Gasteiger partial charge < -0.3 is 15.0 Å². The number of ether oxygens (including phenoxy) is 1. The summed E-state index contributed by atoms with van der Waals surface area (Å²) < 4.78 is 5.44. The zero-order valence-corrected chi connectivity index (χ0v) is 11.6. The van der Waals surface area contributed by atoms with E-state index in [1.54, 1.807) is 0 Å². The lowest BCUT2D eigenvalue weighted by Gasteiger charge is -2.38. The first kappa shape index (κ1) is 12.8. The largest absolute Gasteiger partial charge is 0.379 e. The molecule has 0 bridgehead atoms. The average molecular weight is 254 g/mol. The van der Waals surface area contributed by atoms with Gasteiger partial charge >= 0.3 is 0 Å². The summed E-state index contributed by atoms with van der Waals surface area (Å²) in [5.41, 5.74) is 2.84. The minimum Gasteiger partial charge on any atom is -0.379 e. The molecule has 1 atom stereocenters. The van der Waals surface area contributed by atoms with E-state index < -0.39 is 0 Å². The number of hydrogen-bond donors (Lipinski definition) is 1. The lowest BCUT2D eigenvalue weighted by Crippen LogP contribution is -2.40. The highest BCUT2D eigenvalue weighted by atomic mass is 32.1. The van der Waals surface area contributed by atoms with Crippen molar-refractivity contribution in [2.45, 2.75) is 26.2 Å². The van der Waals surface area contributed by atoms with E-state index >= 15 is 0 Å². The Morgan fingerprint density at radius 2 is 2.12 bits per heavy atom. The van der Waals surface area contributed by atoms with Gasteiger partial charge in [-0.1, -0.05) is 19.1 Å². The number of likely N-dealkylation sites (N-methyl/N-ethyl adjacent to an activating group) is 1. The minimum atomic E-state index is 0.628. The number of rotatable bonds is 2. The summed E-state index contributed by atoms with van der Waals surface area (Å²) in [4.78, 5) is 3.41. The third-order valence-electron chi connectivity index (χ3n) is 3.69. The van der Waals surface area contributed by atoms with Crippen molar-refractivity contribution in [3.05, 3.63) is 11.3 Å². The third-order valence-corrected chi connectivity index (χ3v) is 4.14. The van der Waals surface area contributed by atoms with Crippen LogP contribution < -0.4 is 5.32 Å². The highest BCUT2D eigenvalue weighted by molar-refractivity contribution is 7.80. The fourth-order valence-electron chi connectivity index (χ4n) is 2.83. The standard InChI is InChI=1S/C13H22N2OS/c1-10-4-3-5-11(13(17)14-2)12(10)15-6-8-16-9-7-15/h10H,3-9H2,1-2H3,(H,14,17). The molecule has 0 aromatic heterocycles. The highest BCUT2D eigenvalue weighted by Gasteiger charge is 2.27. The van der Waals surface area contributed by atoms with Gasteiger partial charge in [0.05, 0.1) is 13.2 Å². The van der Waals surface area contributed by atoms with Gasteiger partial charge in [0, 0.05) is 31.4 Å². The molecule has 0 radical (unpaired) electrons. The quantitative estimate of drug-likeness (QED) is 0.761. The van der Waals surface area contributed by atoms with Gasteiger partial charge in [0.1, 0.15) is 4.99 Å². The Bertz CT molecular complexity index is 321. The van der Waals surface area contributed by atoms with Gasteiger partial charge in [-0.05, 0) is 25.2 Å². The maximum absolute atomic E-state index is 5.45. The van der Waals surface area contributed by atoms with Crippen molar-refractivity contribution >= 4 is 17.2 Å². The van der Waals surface area contributed by atoms with Crippen LogP contribution in [0.2, 0.25) is 0 Å². The van der Waals surface area contributed by atoms with Crippen molar-refractivity contribution in [2.24, 2.45) is 5.92 Å². The molecular weight excluding hydrogens is 232 g/mol. The van der Waals surface area contributed by atoms with Crippen molar-refractivity contribution < 1.29 is 4.74 Å². The molecule has 96 valence electrons. The Kier molecular flexibility index (Phi) is 4.40. The van der Waals surface area contributed by atoms with Crippen LogP contribution in [0.15, 0.2) is 11.3 Å². The fourth-order valence-corrected chi connectivity index (χ4v) is 3.04. The van der Waals surface area contributed by atoms with E-state index in [9.17, 15) is 0 Å². The molecule has 0 aromatic rings. The van der Waals surface area contributed by atoms with E-state index in [2.05, 4.69) is 17.1 Å². The van der Waals surface area contributed by atoms with Gasteiger partial charge in [-0.3, -0.25) is 0 Å². The lowest BCUT2D eigenvalue weighted by atomic mass is 9.87. The molecule has 1 N–H and O–H groups in total. The van der Waals surface area contributed by atoms with Gasteiger partial charge in [-0.15, -0.1) is 0 Å². The zero-order chi connectivity index (χ0) is 12.3. The number of morpholine rings is 1. The van der Waals surface area contributed by atoms with Crippen LogP contribution in [0.5, 0.6) is 0 Å². The van der Waals surface area contributed by atoms with E-state index in [1.165, 1.54) is 24.1 Å². The molecule has 1 fully saturated rings. The van der Waals surface area contributed by atoms with Crippen molar-refractivity contribution in [3.63, 3.8) is 0 Å². The van der Waals surface area contributed by atoms with Gasteiger partial charge in [0.15, 0.2) is 0 Å². The van der Waals surface area contributed by atoms with E-state index in [1.807, 2.05) is 7.05 Å². The van der Waals surface area contributed by atoms with Crippen LogP contribution in [0.25, 0.3) is 0 Å². The van der Waals surface area contributed by atoms with E-state index in [0.717, 1.165) is 37.7 Å². The van der Waals surface area contributed by atoms with Crippen LogP contribution in [0, 0.1) is 5.92 Å². The van der Waals surface area contributed by atoms with Crippen molar-refractivity contribution in [3.8, 4) is 0 Å². The number of allylic oxidation sites excluding steroid dienone is 1. The number of nitrogens with zero attached hydrogens (tertiary/aromatic N) is 1. The smallest absolute Gasteiger partial charge is 0.103 e. The molecular formula is C13H22N2OS. The van der Waals surface area contributed by atoms with E-state index in [-0.39, 0.29) is 0 Å². The molecule has 3 nitrogen and oxygen atoms in total. The second-order valence-corrected chi connectivity index (χ2v) is 5.24. The number of hydrogen-bond acceptors (Lipinski definition) is 3. The second-order valence-electron chi connectivity index (χ2n) is 4.84. The van der Waals surface area contributed by atoms with Crippen LogP contribution in [0.4, 0.5) is 0 Å². The van der Waals surface area contributed by atoms with Gasteiger partial charge in [-0.2, -0.15) is 0 Å². The van der Waals surface area contributed by atoms with E-state index in [4.69, 9.17) is 17.0 Å². The van der Waals surface area contributed by atoms with Crippen molar-refractivity contribution in [1.29, 1.82) is 0 Å². The summed E-state index contributed by atoms with van der Waals surface area (Å²) >= 11 is 5.45. The molecule has 0 amide bonds. The topological polar surface area (TPSA) is 24.5 Å². The predicted molar refractivity (Wildman–Crippen MR) is 74.1 cm³/mol. The third kappa shape index (κ3) is 2.80. The molecule has 0 aromatic carbocycles. The number of nitrogens with one attached hydrogen (secondary N) is 1. The Morgan fingerprint density at radius 1 is 1.41 bits per heavy atom. The first-order valence-electron chi connectivity index (χ1n) is 6.52. The highest BCUT2D eigenvalue weighted by Crippen LogP contribution is 2.33. The summed E-state index contributed by atoms with van der Waals surface area (Å²) in [5, 5.41) is 3.14. The Labute approximate surface area is 109 Å². The average Bonchev–Trinajstić information content (AvgIpc) is 2.38. The molecule has 1 unspecified atom stereocenters. The van der Waals surface area contributed by atoms with Gasteiger partial charge in [0.2, 0.25) is 0 Å². The normalized spacial score (nSPS) is 26.0. The van der Waals surface area contributed by atoms with Crippen LogP contribution in [0.1, 0.15) is 26.2 Å². The summed E-state index contributed by atoms with van der Waals surface area (Å²) in [7, 11) is 1.92. The molecule has 1 heterocycles. The van der Waals surface area contributed by atoms with Crippen LogP contribution in [-0.2, 0) is 4.74 Å².